The number of rotatable bonds is 8. The quantitative estimate of drug-likeness (QED) is 0.260. The van der Waals surface area contributed by atoms with Gasteiger partial charge in [-0.1, -0.05) is 57.4 Å². The number of hydrogen-bond acceptors (Lipinski definition) is 0. The van der Waals surface area contributed by atoms with Crippen LogP contribution < -0.4 is 0 Å². The second-order valence-electron chi connectivity index (χ2n) is 5.59. The fraction of sp³-hybridized carbons (Fsp3) is 0.500. The van der Waals surface area contributed by atoms with Crippen LogP contribution >= 0.6 is 10.2 Å². The molecule has 0 aliphatic carbocycles. The molecule has 0 aliphatic heterocycles. The van der Waals surface area contributed by atoms with Gasteiger partial charge >= 0.3 is 10.2 Å². The summed E-state index contributed by atoms with van der Waals surface area (Å²) >= 11 is 0. The lowest BCUT2D eigenvalue weighted by molar-refractivity contribution is 0.361. The molecule has 6 heteroatoms. The van der Waals surface area contributed by atoms with Gasteiger partial charge in [-0.25, -0.2) is 0 Å². The Morgan fingerprint density at radius 2 is 1.59 bits per heavy atom. The average molecular weight is 342 g/mol. The van der Waals surface area contributed by atoms with Gasteiger partial charge in [-0.2, -0.15) is 0 Å². The van der Waals surface area contributed by atoms with E-state index in [4.69, 9.17) is 0 Å². The van der Waals surface area contributed by atoms with E-state index in [0.717, 1.165) is 19.8 Å². The summed E-state index contributed by atoms with van der Waals surface area (Å²) in [4.78, 5) is -1.68. The molecule has 0 amide bonds. The van der Waals surface area contributed by atoms with Crippen molar-refractivity contribution in [2.24, 2.45) is 0 Å². The van der Waals surface area contributed by atoms with Crippen molar-refractivity contribution in [3.8, 4) is 0 Å². The number of unbranched alkanes of at least 4 members (excludes halogenated alkanes) is 2. The van der Waals surface area contributed by atoms with Crippen LogP contribution in [0.4, 0.5) is 19.4 Å². The molecule has 1 rings (SSSR count). The molecule has 0 N–H and O–H groups in total. The Morgan fingerprint density at radius 3 is 2.09 bits per heavy atom. The molecular formula is C16H23F5S. The van der Waals surface area contributed by atoms with E-state index in [2.05, 4.69) is 6.58 Å². The molecule has 0 atom stereocenters. The lowest BCUT2D eigenvalue weighted by Crippen LogP contribution is -2.13. The Morgan fingerprint density at radius 1 is 1.00 bits per heavy atom. The van der Waals surface area contributed by atoms with Gasteiger partial charge in [-0.05, 0) is 49.3 Å². The van der Waals surface area contributed by atoms with Crippen LogP contribution in [0.2, 0.25) is 0 Å². The van der Waals surface area contributed by atoms with Crippen molar-refractivity contribution < 1.29 is 19.4 Å². The highest BCUT2D eigenvalue weighted by atomic mass is 32.5. The topological polar surface area (TPSA) is 0 Å². The second-order valence-corrected chi connectivity index (χ2v) is 7.94. The SMILES string of the molecule is C=CCCc1ccc(CCCCC)c(C)c1S(F)(F)(F)(F)F. The lowest BCUT2D eigenvalue weighted by Gasteiger charge is -2.43. The van der Waals surface area contributed by atoms with Gasteiger partial charge in [-0.3, -0.25) is 0 Å². The van der Waals surface area contributed by atoms with E-state index >= 15 is 0 Å². The molecule has 0 aliphatic rings. The van der Waals surface area contributed by atoms with Crippen LogP contribution in [0.25, 0.3) is 0 Å². The highest BCUT2D eigenvalue weighted by Crippen LogP contribution is 3.02. The third-order valence-corrected chi connectivity index (χ3v) is 4.99. The molecule has 1 aromatic carbocycles. The first-order valence-corrected chi connectivity index (χ1v) is 9.32. The van der Waals surface area contributed by atoms with E-state index in [1.54, 1.807) is 6.07 Å². The summed E-state index contributed by atoms with van der Waals surface area (Å²) in [6.07, 6.45) is 4.45. The van der Waals surface area contributed by atoms with Crippen LogP contribution in [0, 0.1) is 6.92 Å². The Balaban J connectivity index is 3.40. The van der Waals surface area contributed by atoms with Crippen LogP contribution in [0.3, 0.4) is 0 Å². The van der Waals surface area contributed by atoms with Gasteiger partial charge in [0.05, 0.1) is 0 Å². The van der Waals surface area contributed by atoms with E-state index < -0.39 is 15.1 Å². The average Bonchev–Trinajstić information content (AvgIpc) is 2.35. The zero-order valence-corrected chi connectivity index (χ0v) is 13.8. The van der Waals surface area contributed by atoms with E-state index in [1.165, 1.54) is 12.1 Å². The number of benzene rings is 1. The normalized spacial score (nSPS) is 15.2. The maximum Gasteiger partial charge on any atom is 0.310 e. The minimum Gasteiger partial charge on any atom is -0.103 e. The summed E-state index contributed by atoms with van der Waals surface area (Å²) in [6.45, 7) is 6.57. The van der Waals surface area contributed by atoms with Crippen molar-refractivity contribution in [3.05, 3.63) is 41.5 Å². The molecule has 0 unspecified atom stereocenters. The van der Waals surface area contributed by atoms with Gasteiger partial charge in [0.25, 0.3) is 0 Å². The van der Waals surface area contributed by atoms with Crippen LogP contribution in [-0.4, -0.2) is 0 Å². The second kappa shape index (κ2) is 5.87. The maximum absolute atomic E-state index is 13.4. The molecule has 0 saturated heterocycles. The fourth-order valence-corrected chi connectivity index (χ4v) is 3.99. The Kier molecular flexibility index (Phi) is 5.07. The maximum atomic E-state index is 13.4. The molecule has 0 nitrogen and oxygen atoms in total. The van der Waals surface area contributed by atoms with Gasteiger partial charge < -0.3 is 0 Å². The summed E-state index contributed by atoms with van der Waals surface area (Å²) in [7, 11) is -9.71. The molecule has 0 aromatic heterocycles. The highest BCUT2D eigenvalue weighted by Gasteiger charge is 2.67. The Labute approximate surface area is 129 Å². The van der Waals surface area contributed by atoms with Gasteiger partial charge in [0.15, 0.2) is 0 Å². The van der Waals surface area contributed by atoms with Crippen molar-refractivity contribution in [1.82, 2.24) is 0 Å². The number of allylic oxidation sites excluding steroid dienone is 1. The smallest absolute Gasteiger partial charge is 0.103 e. The molecule has 0 spiro atoms. The Bertz CT molecular complexity index is 545. The summed E-state index contributed by atoms with van der Waals surface area (Å²) in [5, 5.41) is 0. The molecule has 22 heavy (non-hydrogen) atoms. The number of hydrogen-bond donors (Lipinski definition) is 0. The number of aryl methyl sites for hydroxylation is 2. The minimum atomic E-state index is -9.71. The first kappa shape index (κ1) is 19.0. The van der Waals surface area contributed by atoms with Crippen molar-refractivity contribution in [2.45, 2.75) is 57.3 Å². The lowest BCUT2D eigenvalue weighted by atomic mass is 9.98. The predicted molar refractivity (Wildman–Crippen MR) is 84.3 cm³/mol. The molecule has 0 fully saturated rings. The standard InChI is InChI=1S/C16H23F5S/c1-4-6-8-10-14-11-12-15(9-7-5-2)16(13(14)3)22(17,18,19,20)21/h5,11-12H,2,4,6-10H2,1,3H3. The minimum absolute atomic E-state index is 0.0828. The third-order valence-electron chi connectivity index (χ3n) is 3.65. The fourth-order valence-electron chi connectivity index (χ4n) is 2.62. The van der Waals surface area contributed by atoms with Gasteiger partial charge in [0, 0.05) is 0 Å². The van der Waals surface area contributed by atoms with Crippen molar-refractivity contribution in [3.63, 3.8) is 0 Å². The van der Waals surface area contributed by atoms with Crippen molar-refractivity contribution in [2.75, 3.05) is 0 Å². The predicted octanol–water partition coefficient (Wildman–Crippen LogP) is 7.50. The van der Waals surface area contributed by atoms with Gasteiger partial charge in [0.1, 0.15) is 4.90 Å². The van der Waals surface area contributed by atoms with Crippen LogP contribution in [0.15, 0.2) is 29.7 Å². The highest BCUT2D eigenvalue weighted by molar-refractivity contribution is 8.45. The zero-order valence-electron chi connectivity index (χ0n) is 13.0. The summed E-state index contributed by atoms with van der Waals surface area (Å²) < 4.78 is 67.2. The molecule has 0 heterocycles. The molecule has 0 saturated carbocycles. The summed E-state index contributed by atoms with van der Waals surface area (Å²) in [6, 6.07) is 2.75. The molecular weight excluding hydrogens is 319 g/mol. The Hall–Kier alpha value is -1.04. The van der Waals surface area contributed by atoms with E-state index in [1.807, 2.05) is 6.92 Å². The van der Waals surface area contributed by atoms with E-state index in [9.17, 15) is 19.4 Å². The third kappa shape index (κ3) is 5.00. The molecule has 0 bridgehead atoms. The first-order valence-electron chi connectivity index (χ1n) is 7.37. The molecule has 1 aromatic rings. The molecule has 128 valence electrons. The van der Waals surface area contributed by atoms with Crippen LogP contribution in [0.5, 0.6) is 0 Å². The summed E-state index contributed by atoms with van der Waals surface area (Å²) in [5.74, 6) is 0. The van der Waals surface area contributed by atoms with Crippen molar-refractivity contribution in [1.29, 1.82) is 0 Å². The molecule has 0 radical (unpaired) electrons. The van der Waals surface area contributed by atoms with Crippen LogP contribution in [0.1, 0.15) is 49.3 Å². The largest absolute Gasteiger partial charge is 0.310 e. The zero-order chi connectivity index (χ0) is 17.1. The van der Waals surface area contributed by atoms with E-state index in [-0.39, 0.29) is 24.0 Å². The van der Waals surface area contributed by atoms with Crippen LogP contribution in [-0.2, 0) is 12.8 Å². The monoisotopic (exact) mass is 342 g/mol. The number of halogens is 5. The first-order chi connectivity index (χ1) is 9.90. The van der Waals surface area contributed by atoms with Crippen molar-refractivity contribution >= 4 is 10.2 Å². The van der Waals surface area contributed by atoms with Gasteiger partial charge in [-0.15, -0.1) is 6.58 Å². The van der Waals surface area contributed by atoms with E-state index in [0.29, 0.717) is 18.4 Å². The van der Waals surface area contributed by atoms with Gasteiger partial charge in [0.2, 0.25) is 0 Å². The summed E-state index contributed by atoms with van der Waals surface area (Å²) in [5.41, 5.74) is -0.299.